The Morgan fingerprint density at radius 1 is 1.19 bits per heavy atom. The van der Waals surface area contributed by atoms with Crippen LogP contribution in [0.25, 0.3) is 0 Å². The molecule has 1 heteroatoms. The molecule has 1 aromatic rings. The largest absolute Gasteiger partial charge is 0.313 e. The van der Waals surface area contributed by atoms with Gasteiger partial charge in [-0.25, -0.2) is 0 Å². The average molecular weight is 217 g/mol. The highest BCUT2D eigenvalue weighted by atomic mass is 15.0. The molecular formula is C15H23N. The van der Waals surface area contributed by atoms with Crippen molar-refractivity contribution in [1.29, 1.82) is 0 Å². The molecule has 0 bridgehead atoms. The van der Waals surface area contributed by atoms with Crippen molar-refractivity contribution in [2.24, 2.45) is 5.41 Å². The van der Waals surface area contributed by atoms with Crippen LogP contribution in [-0.4, -0.2) is 12.6 Å². The number of hydrogen-bond donors (Lipinski definition) is 1. The molecular weight excluding hydrogens is 194 g/mol. The average Bonchev–Trinajstić information content (AvgIpc) is 2.97. The van der Waals surface area contributed by atoms with Gasteiger partial charge in [0, 0.05) is 12.0 Å². The summed E-state index contributed by atoms with van der Waals surface area (Å²) in [6.45, 7) is 8.06. The lowest BCUT2D eigenvalue weighted by atomic mass is 9.92. The monoisotopic (exact) mass is 217 g/mol. The molecule has 2 atom stereocenters. The van der Waals surface area contributed by atoms with E-state index in [1.165, 1.54) is 18.4 Å². The van der Waals surface area contributed by atoms with Gasteiger partial charge in [-0.05, 0) is 30.4 Å². The summed E-state index contributed by atoms with van der Waals surface area (Å²) >= 11 is 0. The first-order valence-corrected chi connectivity index (χ1v) is 6.34. The Hall–Kier alpha value is -0.820. The molecule has 0 saturated heterocycles. The molecule has 88 valence electrons. The summed E-state index contributed by atoms with van der Waals surface area (Å²) in [7, 11) is 0. The lowest BCUT2D eigenvalue weighted by Gasteiger charge is -2.18. The zero-order valence-corrected chi connectivity index (χ0v) is 10.7. The first-order valence-electron chi connectivity index (χ1n) is 6.34. The maximum atomic E-state index is 3.66. The second kappa shape index (κ2) is 4.58. The summed E-state index contributed by atoms with van der Waals surface area (Å²) in [4.78, 5) is 0. The SMILES string of the molecule is CC(C)(C)CCNC1CC1c1ccccc1. The van der Waals surface area contributed by atoms with Gasteiger partial charge < -0.3 is 5.32 Å². The van der Waals surface area contributed by atoms with Crippen LogP contribution in [0.3, 0.4) is 0 Å². The quantitative estimate of drug-likeness (QED) is 0.813. The van der Waals surface area contributed by atoms with E-state index in [9.17, 15) is 0 Å². The zero-order chi connectivity index (χ0) is 11.6. The van der Waals surface area contributed by atoms with Crippen molar-refractivity contribution in [3.05, 3.63) is 35.9 Å². The number of benzene rings is 1. The fraction of sp³-hybridized carbons (Fsp3) is 0.600. The molecule has 1 aliphatic carbocycles. The molecule has 2 rings (SSSR count). The summed E-state index contributed by atoms with van der Waals surface area (Å²) in [5, 5.41) is 3.66. The molecule has 0 aromatic heterocycles. The van der Waals surface area contributed by atoms with Crippen LogP contribution >= 0.6 is 0 Å². The Bertz CT molecular complexity index is 323. The molecule has 0 radical (unpaired) electrons. The second-order valence-electron chi connectivity index (χ2n) is 6.12. The molecule has 2 unspecified atom stereocenters. The fourth-order valence-corrected chi connectivity index (χ4v) is 2.12. The zero-order valence-electron chi connectivity index (χ0n) is 10.7. The van der Waals surface area contributed by atoms with E-state index >= 15 is 0 Å². The molecule has 0 amide bonds. The third-order valence-electron chi connectivity index (χ3n) is 3.30. The van der Waals surface area contributed by atoms with Crippen LogP contribution in [0.1, 0.15) is 45.1 Å². The predicted octanol–water partition coefficient (Wildman–Crippen LogP) is 3.57. The van der Waals surface area contributed by atoms with Crippen LogP contribution in [0.15, 0.2) is 30.3 Å². The second-order valence-corrected chi connectivity index (χ2v) is 6.12. The Balaban J connectivity index is 1.72. The van der Waals surface area contributed by atoms with E-state index in [2.05, 4.69) is 56.4 Å². The van der Waals surface area contributed by atoms with Gasteiger partial charge in [-0.1, -0.05) is 51.1 Å². The van der Waals surface area contributed by atoms with E-state index in [1.54, 1.807) is 0 Å². The van der Waals surface area contributed by atoms with E-state index in [4.69, 9.17) is 0 Å². The fourth-order valence-electron chi connectivity index (χ4n) is 2.12. The van der Waals surface area contributed by atoms with Gasteiger partial charge in [0.25, 0.3) is 0 Å². The highest BCUT2D eigenvalue weighted by Gasteiger charge is 2.37. The molecule has 1 N–H and O–H groups in total. The number of hydrogen-bond acceptors (Lipinski definition) is 1. The van der Waals surface area contributed by atoms with E-state index < -0.39 is 0 Å². The minimum atomic E-state index is 0.449. The van der Waals surface area contributed by atoms with Crippen LogP contribution in [0.5, 0.6) is 0 Å². The minimum Gasteiger partial charge on any atom is -0.313 e. The normalized spacial score (nSPS) is 24.4. The van der Waals surface area contributed by atoms with Crippen molar-refractivity contribution in [2.75, 3.05) is 6.54 Å². The third-order valence-corrected chi connectivity index (χ3v) is 3.30. The summed E-state index contributed by atoms with van der Waals surface area (Å²) in [5.74, 6) is 0.765. The van der Waals surface area contributed by atoms with Crippen LogP contribution in [-0.2, 0) is 0 Å². The number of nitrogens with one attached hydrogen (secondary N) is 1. The van der Waals surface area contributed by atoms with E-state index in [0.29, 0.717) is 5.41 Å². The van der Waals surface area contributed by atoms with Crippen LogP contribution in [0, 0.1) is 5.41 Å². The maximum absolute atomic E-state index is 3.66. The summed E-state index contributed by atoms with van der Waals surface area (Å²) in [6.07, 6.45) is 2.57. The molecule has 16 heavy (non-hydrogen) atoms. The van der Waals surface area contributed by atoms with Gasteiger partial charge in [0.15, 0.2) is 0 Å². The van der Waals surface area contributed by atoms with E-state index in [-0.39, 0.29) is 0 Å². The maximum Gasteiger partial charge on any atom is 0.0143 e. The molecule has 1 saturated carbocycles. The van der Waals surface area contributed by atoms with Gasteiger partial charge in [-0.2, -0.15) is 0 Å². The highest BCUT2D eigenvalue weighted by molar-refractivity contribution is 5.27. The lowest BCUT2D eigenvalue weighted by Crippen LogP contribution is -2.23. The summed E-state index contributed by atoms with van der Waals surface area (Å²) in [5.41, 5.74) is 1.94. The van der Waals surface area contributed by atoms with Gasteiger partial charge in [0.05, 0.1) is 0 Å². The van der Waals surface area contributed by atoms with Crippen molar-refractivity contribution in [3.63, 3.8) is 0 Å². The Kier molecular flexibility index (Phi) is 3.34. The Morgan fingerprint density at radius 2 is 1.88 bits per heavy atom. The van der Waals surface area contributed by atoms with Crippen LogP contribution < -0.4 is 5.32 Å². The molecule has 0 aliphatic heterocycles. The van der Waals surface area contributed by atoms with Crippen molar-refractivity contribution < 1.29 is 0 Å². The van der Waals surface area contributed by atoms with Crippen molar-refractivity contribution in [3.8, 4) is 0 Å². The van der Waals surface area contributed by atoms with Gasteiger partial charge in [-0.3, -0.25) is 0 Å². The molecule has 1 aliphatic rings. The van der Waals surface area contributed by atoms with Crippen LogP contribution in [0.4, 0.5) is 0 Å². The van der Waals surface area contributed by atoms with Gasteiger partial charge in [0.2, 0.25) is 0 Å². The van der Waals surface area contributed by atoms with E-state index in [0.717, 1.165) is 18.5 Å². The highest BCUT2D eigenvalue weighted by Crippen LogP contribution is 2.40. The molecule has 0 spiro atoms. The third kappa shape index (κ3) is 3.34. The Morgan fingerprint density at radius 3 is 2.50 bits per heavy atom. The van der Waals surface area contributed by atoms with Gasteiger partial charge >= 0.3 is 0 Å². The van der Waals surface area contributed by atoms with Crippen molar-refractivity contribution >= 4 is 0 Å². The standard InChI is InChI=1S/C15H23N/c1-15(2,3)9-10-16-14-11-13(14)12-7-5-4-6-8-12/h4-8,13-14,16H,9-11H2,1-3H3. The van der Waals surface area contributed by atoms with E-state index in [1.807, 2.05) is 0 Å². The predicted molar refractivity (Wildman–Crippen MR) is 69.7 cm³/mol. The summed E-state index contributed by atoms with van der Waals surface area (Å²) < 4.78 is 0. The molecule has 0 heterocycles. The van der Waals surface area contributed by atoms with Crippen LogP contribution in [0.2, 0.25) is 0 Å². The Labute approximate surface area is 99.3 Å². The van der Waals surface area contributed by atoms with Crippen molar-refractivity contribution in [2.45, 2.75) is 45.6 Å². The minimum absolute atomic E-state index is 0.449. The van der Waals surface area contributed by atoms with Crippen molar-refractivity contribution in [1.82, 2.24) is 5.32 Å². The number of rotatable bonds is 4. The first kappa shape index (κ1) is 11.7. The molecule has 1 fully saturated rings. The summed E-state index contributed by atoms with van der Waals surface area (Å²) in [6, 6.07) is 11.6. The first-order chi connectivity index (χ1) is 7.56. The molecule has 1 aromatic carbocycles. The topological polar surface area (TPSA) is 12.0 Å². The lowest BCUT2D eigenvalue weighted by molar-refractivity contribution is 0.366. The smallest absolute Gasteiger partial charge is 0.0143 e. The van der Waals surface area contributed by atoms with Gasteiger partial charge in [-0.15, -0.1) is 0 Å². The van der Waals surface area contributed by atoms with Gasteiger partial charge in [0.1, 0.15) is 0 Å². The molecule has 1 nitrogen and oxygen atoms in total.